The summed E-state index contributed by atoms with van der Waals surface area (Å²) in [4.78, 5) is 31.9. The lowest BCUT2D eigenvalue weighted by Crippen LogP contribution is -2.59. The van der Waals surface area contributed by atoms with Crippen LogP contribution in [-0.4, -0.2) is 93.4 Å². The summed E-state index contributed by atoms with van der Waals surface area (Å²) < 4.78 is 31.0. The Morgan fingerprint density at radius 1 is 1.05 bits per heavy atom. The van der Waals surface area contributed by atoms with Gasteiger partial charge in [0, 0.05) is 50.4 Å². The number of carbonyl (C=O) groups is 2. The molecule has 1 atom stereocenters. The molecule has 0 spiro atoms. The smallest absolute Gasteiger partial charge is 0.225 e. The van der Waals surface area contributed by atoms with Crippen molar-refractivity contribution in [2.24, 2.45) is 0 Å². The minimum atomic E-state index is -0.986. The molecule has 0 aromatic heterocycles. The number of rotatable bonds is 9. The second-order valence-electron chi connectivity index (χ2n) is 9.86. The number of morpholine rings is 2. The van der Waals surface area contributed by atoms with E-state index in [1.807, 2.05) is 24.9 Å². The zero-order valence-electron chi connectivity index (χ0n) is 22.0. The molecule has 0 aliphatic carbocycles. The molecule has 10 heteroatoms. The average molecular weight is 548 g/mol. The fraction of sp³-hybridized carbons (Fsp3) is 0.500. The standard InChI is InChI=1S/C28H35ClFN3O5/c1-21-17-24(7-8-25(21)29)37-20-28(18-27(35)32-11-14-36-15-12-32)19-33(13-16-38-28)26(34)9-10-31(2)23-5-3-22(30)4-6-23/h3-8,17H,9-16,18-20H2,1-2H3/t28-/m0/s1. The molecule has 2 fully saturated rings. The summed E-state index contributed by atoms with van der Waals surface area (Å²) in [5, 5.41) is 0.644. The van der Waals surface area contributed by atoms with Crippen LogP contribution in [0, 0.1) is 12.7 Å². The van der Waals surface area contributed by atoms with Crippen molar-refractivity contribution >= 4 is 29.1 Å². The molecule has 2 aliphatic rings. The van der Waals surface area contributed by atoms with E-state index in [4.69, 9.17) is 25.8 Å². The molecular weight excluding hydrogens is 513 g/mol. The molecule has 2 aromatic carbocycles. The Balaban J connectivity index is 1.43. The molecule has 0 unspecified atom stereocenters. The maximum absolute atomic E-state index is 13.3. The Morgan fingerprint density at radius 2 is 1.76 bits per heavy atom. The predicted octanol–water partition coefficient (Wildman–Crippen LogP) is 3.54. The van der Waals surface area contributed by atoms with Crippen molar-refractivity contribution in [2.45, 2.75) is 25.4 Å². The first-order chi connectivity index (χ1) is 18.2. The van der Waals surface area contributed by atoms with Crippen molar-refractivity contribution in [3.8, 4) is 5.75 Å². The Labute approximate surface area is 228 Å². The highest BCUT2D eigenvalue weighted by molar-refractivity contribution is 6.31. The normalized spacial score (nSPS) is 19.8. The van der Waals surface area contributed by atoms with Gasteiger partial charge >= 0.3 is 0 Å². The van der Waals surface area contributed by atoms with Crippen LogP contribution in [0.3, 0.4) is 0 Å². The molecular formula is C28H35ClFN3O5. The van der Waals surface area contributed by atoms with Crippen LogP contribution in [0.25, 0.3) is 0 Å². The van der Waals surface area contributed by atoms with Crippen LogP contribution in [0.2, 0.25) is 5.02 Å². The third kappa shape index (κ3) is 7.36. The third-order valence-electron chi connectivity index (χ3n) is 7.00. The van der Waals surface area contributed by atoms with Crippen molar-refractivity contribution in [2.75, 3.05) is 71.1 Å². The maximum atomic E-state index is 13.3. The summed E-state index contributed by atoms with van der Waals surface area (Å²) in [6, 6.07) is 11.6. The number of benzene rings is 2. The second kappa shape index (κ2) is 12.8. The number of hydrogen-bond acceptors (Lipinski definition) is 6. The first-order valence-electron chi connectivity index (χ1n) is 12.9. The van der Waals surface area contributed by atoms with Gasteiger partial charge in [-0.2, -0.15) is 0 Å². The number of carbonyl (C=O) groups excluding carboxylic acids is 2. The molecule has 8 nitrogen and oxygen atoms in total. The fourth-order valence-electron chi connectivity index (χ4n) is 4.67. The number of aryl methyl sites for hydroxylation is 1. The van der Waals surface area contributed by atoms with E-state index in [1.165, 1.54) is 12.1 Å². The molecule has 2 heterocycles. The minimum Gasteiger partial charge on any atom is -0.490 e. The molecule has 206 valence electrons. The van der Waals surface area contributed by atoms with Gasteiger partial charge in [0.1, 0.15) is 23.8 Å². The molecule has 0 bridgehead atoms. The van der Waals surface area contributed by atoms with Crippen LogP contribution < -0.4 is 9.64 Å². The van der Waals surface area contributed by atoms with Crippen LogP contribution in [-0.2, 0) is 19.1 Å². The van der Waals surface area contributed by atoms with Gasteiger partial charge < -0.3 is 28.9 Å². The van der Waals surface area contributed by atoms with Crippen molar-refractivity contribution in [3.05, 3.63) is 58.9 Å². The van der Waals surface area contributed by atoms with E-state index in [9.17, 15) is 14.0 Å². The van der Waals surface area contributed by atoms with E-state index in [1.54, 1.807) is 34.1 Å². The molecule has 0 saturated carbocycles. The predicted molar refractivity (Wildman–Crippen MR) is 143 cm³/mol. The zero-order chi connectivity index (χ0) is 27.1. The number of anilines is 1. The molecule has 0 radical (unpaired) electrons. The average Bonchev–Trinajstić information content (AvgIpc) is 2.93. The van der Waals surface area contributed by atoms with Gasteiger partial charge in [-0.1, -0.05) is 11.6 Å². The van der Waals surface area contributed by atoms with Gasteiger partial charge in [0.05, 0.1) is 32.8 Å². The highest BCUT2D eigenvalue weighted by Gasteiger charge is 2.42. The van der Waals surface area contributed by atoms with Crippen LogP contribution in [0.4, 0.5) is 10.1 Å². The van der Waals surface area contributed by atoms with E-state index >= 15 is 0 Å². The lowest BCUT2D eigenvalue weighted by Gasteiger charge is -2.43. The van der Waals surface area contributed by atoms with Crippen molar-refractivity contribution in [1.82, 2.24) is 9.80 Å². The molecule has 2 aromatic rings. The first kappa shape index (κ1) is 28.1. The lowest BCUT2D eigenvalue weighted by molar-refractivity contribution is -0.167. The SMILES string of the molecule is Cc1cc(OC[C@]2(CC(=O)N3CCOCC3)CN(C(=O)CCN(C)c3ccc(F)cc3)CCO2)ccc1Cl. The molecule has 2 saturated heterocycles. The Hall–Kier alpha value is -2.88. The van der Waals surface area contributed by atoms with Gasteiger partial charge in [-0.15, -0.1) is 0 Å². The zero-order valence-corrected chi connectivity index (χ0v) is 22.7. The Kier molecular flexibility index (Phi) is 9.46. The van der Waals surface area contributed by atoms with Crippen LogP contribution in [0.1, 0.15) is 18.4 Å². The molecule has 2 aliphatic heterocycles. The van der Waals surface area contributed by atoms with E-state index in [-0.39, 0.29) is 43.6 Å². The molecule has 4 rings (SSSR count). The first-order valence-corrected chi connectivity index (χ1v) is 13.3. The van der Waals surface area contributed by atoms with Crippen LogP contribution in [0.15, 0.2) is 42.5 Å². The van der Waals surface area contributed by atoms with Gasteiger partial charge in [0.2, 0.25) is 11.8 Å². The molecule has 2 amide bonds. The van der Waals surface area contributed by atoms with E-state index in [0.29, 0.717) is 56.8 Å². The van der Waals surface area contributed by atoms with E-state index < -0.39 is 5.60 Å². The van der Waals surface area contributed by atoms with E-state index in [2.05, 4.69) is 0 Å². The summed E-state index contributed by atoms with van der Waals surface area (Å²) in [5.74, 6) is 0.242. The summed E-state index contributed by atoms with van der Waals surface area (Å²) in [5.41, 5.74) is 0.729. The van der Waals surface area contributed by atoms with Gasteiger partial charge in [-0.25, -0.2) is 4.39 Å². The van der Waals surface area contributed by atoms with Crippen LogP contribution >= 0.6 is 11.6 Å². The number of ether oxygens (including phenoxy) is 3. The monoisotopic (exact) mass is 547 g/mol. The lowest BCUT2D eigenvalue weighted by atomic mass is 9.96. The van der Waals surface area contributed by atoms with Crippen molar-refractivity contribution in [1.29, 1.82) is 0 Å². The highest BCUT2D eigenvalue weighted by atomic mass is 35.5. The fourth-order valence-corrected chi connectivity index (χ4v) is 4.79. The van der Waals surface area contributed by atoms with Gasteiger partial charge in [0.25, 0.3) is 0 Å². The topological polar surface area (TPSA) is 71.5 Å². The Bertz CT molecular complexity index is 1110. The summed E-state index contributed by atoms with van der Waals surface area (Å²) in [6.07, 6.45) is 0.372. The number of amides is 2. The van der Waals surface area contributed by atoms with Gasteiger partial charge in [0.15, 0.2) is 0 Å². The van der Waals surface area contributed by atoms with Crippen molar-refractivity contribution in [3.63, 3.8) is 0 Å². The van der Waals surface area contributed by atoms with E-state index in [0.717, 1.165) is 11.3 Å². The minimum absolute atomic E-state index is 0.0344. The quantitative estimate of drug-likeness (QED) is 0.478. The largest absolute Gasteiger partial charge is 0.490 e. The number of nitrogens with zero attached hydrogens (tertiary/aromatic N) is 3. The van der Waals surface area contributed by atoms with Gasteiger partial charge in [-0.3, -0.25) is 9.59 Å². The summed E-state index contributed by atoms with van der Waals surface area (Å²) in [7, 11) is 1.87. The van der Waals surface area contributed by atoms with Crippen LogP contribution in [0.5, 0.6) is 5.75 Å². The number of hydrogen-bond donors (Lipinski definition) is 0. The van der Waals surface area contributed by atoms with Gasteiger partial charge in [-0.05, 0) is 55.0 Å². The highest BCUT2D eigenvalue weighted by Crippen LogP contribution is 2.28. The summed E-state index contributed by atoms with van der Waals surface area (Å²) in [6.45, 7) is 5.55. The maximum Gasteiger partial charge on any atom is 0.225 e. The second-order valence-corrected chi connectivity index (χ2v) is 10.3. The number of halogens is 2. The van der Waals surface area contributed by atoms with Crippen molar-refractivity contribution < 1.29 is 28.2 Å². The summed E-state index contributed by atoms with van der Waals surface area (Å²) >= 11 is 6.16. The third-order valence-corrected chi connectivity index (χ3v) is 7.42. The molecule has 38 heavy (non-hydrogen) atoms. The Morgan fingerprint density at radius 3 is 2.47 bits per heavy atom. The molecule has 0 N–H and O–H groups in total.